The second kappa shape index (κ2) is 3.59. The molecule has 0 bridgehead atoms. The lowest BCUT2D eigenvalue weighted by atomic mass is 10.3. The molecule has 72 valence electrons. The number of fused-ring (bicyclic) bond motifs is 1. The third-order valence-electron chi connectivity index (χ3n) is 1.74. The van der Waals surface area contributed by atoms with Gasteiger partial charge in [-0.3, -0.25) is 0 Å². The summed E-state index contributed by atoms with van der Waals surface area (Å²) in [6, 6.07) is 5.52. The van der Waals surface area contributed by atoms with Crippen LogP contribution in [0, 0.1) is 4.91 Å². The van der Waals surface area contributed by atoms with Gasteiger partial charge in [0.15, 0.2) is 0 Å². The van der Waals surface area contributed by atoms with E-state index in [2.05, 4.69) is 15.7 Å². The number of aromatic nitrogens is 1. The van der Waals surface area contributed by atoms with Crippen molar-refractivity contribution < 1.29 is 4.74 Å². The van der Waals surface area contributed by atoms with Crippen molar-refractivity contribution in [2.75, 3.05) is 12.5 Å². The summed E-state index contributed by atoms with van der Waals surface area (Å²) >= 11 is 1.36. The van der Waals surface area contributed by atoms with E-state index in [0.29, 0.717) is 5.13 Å². The van der Waals surface area contributed by atoms with Crippen LogP contribution >= 0.6 is 11.3 Å². The van der Waals surface area contributed by atoms with E-state index < -0.39 is 0 Å². The Morgan fingerprint density at radius 2 is 2.43 bits per heavy atom. The molecule has 0 spiro atoms. The van der Waals surface area contributed by atoms with Gasteiger partial charge in [-0.1, -0.05) is 11.3 Å². The van der Waals surface area contributed by atoms with Crippen LogP contribution in [0.5, 0.6) is 5.75 Å². The number of anilines is 1. The second-order valence-corrected chi connectivity index (χ2v) is 3.59. The third kappa shape index (κ3) is 1.51. The number of methoxy groups -OCH3 is 1. The Morgan fingerprint density at radius 1 is 1.57 bits per heavy atom. The number of hydrogen-bond donors (Lipinski definition) is 1. The lowest BCUT2D eigenvalue weighted by molar-refractivity contribution is 0.415. The smallest absolute Gasteiger partial charge is 0.207 e. The first-order valence-corrected chi connectivity index (χ1v) is 4.68. The Morgan fingerprint density at radius 3 is 3.14 bits per heavy atom. The molecule has 0 fully saturated rings. The zero-order valence-electron chi connectivity index (χ0n) is 7.35. The quantitative estimate of drug-likeness (QED) is 0.622. The SMILES string of the molecule is COc1ccc2nc(NN=O)sc2c1. The van der Waals surface area contributed by atoms with Gasteiger partial charge in [0, 0.05) is 0 Å². The highest BCUT2D eigenvalue weighted by Crippen LogP contribution is 2.28. The Bertz CT molecular complexity index is 469. The highest BCUT2D eigenvalue weighted by atomic mass is 32.1. The molecule has 14 heavy (non-hydrogen) atoms. The molecular weight excluding hydrogens is 202 g/mol. The van der Waals surface area contributed by atoms with E-state index in [-0.39, 0.29) is 0 Å². The van der Waals surface area contributed by atoms with Gasteiger partial charge >= 0.3 is 0 Å². The summed E-state index contributed by atoms with van der Waals surface area (Å²) in [5.74, 6) is 0.770. The summed E-state index contributed by atoms with van der Waals surface area (Å²) in [4.78, 5) is 14.1. The fourth-order valence-electron chi connectivity index (χ4n) is 1.12. The van der Waals surface area contributed by atoms with Gasteiger partial charge in [-0.15, -0.1) is 4.91 Å². The average molecular weight is 209 g/mol. The minimum atomic E-state index is 0.489. The van der Waals surface area contributed by atoms with Crippen LogP contribution in [0.2, 0.25) is 0 Å². The summed E-state index contributed by atoms with van der Waals surface area (Å²) in [5.41, 5.74) is 3.09. The highest BCUT2D eigenvalue weighted by molar-refractivity contribution is 7.22. The molecule has 0 saturated heterocycles. The molecule has 0 atom stereocenters. The number of rotatable bonds is 3. The fraction of sp³-hybridized carbons (Fsp3) is 0.125. The summed E-state index contributed by atoms with van der Waals surface area (Å²) in [6.07, 6.45) is 0. The highest BCUT2D eigenvalue weighted by Gasteiger charge is 2.03. The molecule has 0 aliphatic rings. The molecule has 0 aliphatic carbocycles. The van der Waals surface area contributed by atoms with Crippen molar-refractivity contribution >= 4 is 26.7 Å². The third-order valence-corrected chi connectivity index (χ3v) is 2.66. The van der Waals surface area contributed by atoms with Crippen LogP contribution in [-0.4, -0.2) is 12.1 Å². The number of nitrogens with one attached hydrogen (secondary N) is 1. The minimum Gasteiger partial charge on any atom is -0.497 e. The molecule has 1 N–H and O–H groups in total. The summed E-state index contributed by atoms with van der Waals surface area (Å²) in [7, 11) is 1.61. The van der Waals surface area contributed by atoms with Crippen LogP contribution in [0.25, 0.3) is 10.2 Å². The predicted molar refractivity (Wildman–Crippen MR) is 55.6 cm³/mol. The van der Waals surface area contributed by atoms with E-state index >= 15 is 0 Å². The van der Waals surface area contributed by atoms with E-state index in [1.165, 1.54) is 11.3 Å². The number of benzene rings is 1. The van der Waals surface area contributed by atoms with Gasteiger partial charge < -0.3 is 4.74 Å². The van der Waals surface area contributed by atoms with Crippen molar-refractivity contribution in [3.8, 4) is 5.75 Å². The van der Waals surface area contributed by atoms with Crippen LogP contribution < -0.4 is 10.2 Å². The molecule has 0 amide bonds. The van der Waals surface area contributed by atoms with Gasteiger partial charge in [0.25, 0.3) is 0 Å². The normalized spacial score (nSPS) is 10.1. The number of nitrogens with zero attached hydrogens (tertiary/aromatic N) is 2. The first-order chi connectivity index (χ1) is 6.83. The Kier molecular flexibility index (Phi) is 2.28. The molecule has 0 saturated carbocycles. The second-order valence-electron chi connectivity index (χ2n) is 2.56. The van der Waals surface area contributed by atoms with Crippen LogP contribution in [0.15, 0.2) is 23.5 Å². The number of ether oxygens (including phenoxy) is 1. The number of nitroso groups, excluding NO2 is 1. The lowest BCUT2D eigenvalue weighted by Gasteiger charge is -1.96. The van der Waals surface area contributed by atoms with Crippen molar-refractivity contribution in [2.45, 2.75) is 0 Å². The monoisotopic (exact) mass is 209 g/mol. The van der Waals surface area contributed by atoms with Crippen LogP contribution in [0.4, 0.5) is 5.13 Å². The number of thiazole rings is 1. The van der Waals surface area contributed by atoms with Crippen molar-refractivity contribution in [1.82, 2.24) is 4.98 Å². The van der Waals surface area contributed by atoms with Crippen LogP contribution in [-0.2, 0) is 0 Å². The van der Waals surface area contributed by atoms with E-state index in [1.54, 1.807) is 7.11 Å². The van der Waals surface area contributed by atoms with Gasteiger partial charge in [-0.25, -0.2) is 10.4 Å². The molecule has 2 aromatic rings. The molecule has 0 aliphatic heterocycles. The van der Waals surface area contributed by atoms with Gasteiger partial charge in [0.1, 0.15) is 5.75 Å². The van der Waals surface area contributed by atoms with Crippen molar-refractivity contribution in [3.05, 3.63) is 23.1 Å². The van der Waals surface area contributed by atoms with Crippen molar-refractivity contribution in [2.24, 2.45) is 5.29 Å². The zero-order valence-corrected chi connectivity index (χ0v) is 8.17. The molecule has 1 heterocycles. The maximum absolute atomic E-state index is 9.96. The van der Waals surface area contributed by atoms with Gasteiger partial charge in [0.2, 0.25) is 5.13 Å². The van der Waals surface area contributed by atoms with Crippen molar-refractivity contribution in [3.63, 3.8) is 0 Å². The minimum absolute atomic E-state index is 0.489. The van der Waals surface area contributed by atoms with E-state index in [0.717, 1.165) is 16.0 Å². The molecule has 1 aromatic carbocycles. The standard InChI is InChI=1S/C8H7N3O2S/c1-13-5-2-3-6-7(4-5)14-8(9-6)10-11-12/h2-4H,1H3,(H,9,10,12). The Hall–Kier alpha value is -1.69. The van der Waals surface area contributed by atoms with Gasteiger partial charge in [0.05, 0.1) is 22.6 Å². The molecule has 1 aromatic heterocycles. The summed E-state index contributed by atoms with van der Waals surface area (Å²) in [5, 5.41) is 3.05. The predicted octanol–water partition coefficient (Wildman–Crippen LogP) is 2.40. The molecule has 2 rings (SSSR count). The Balaban J connectivity index is 2.48. The average Bonchev–Trinajstić information content (AvgIpc) is 2.59. The number of hydrogen-bond acceptors (Lipinski definition) is 5. The van der Waals surface area contributed by atoms with E-state index in [4.69, 9.17) is 4.74 Å². The van der Waals surface area contributed by atoms with Crippen LogP contribution in [0.3, 0.4) is 0 Å². The lowest BCUT2D eigenvalue weighted by Crippen LogP contribution is -1.82. The zero-order chi connectivity index (χ0) is 9.97. The molecule has 0 radical (unpaired) electrons. The molecule has 0 unspecified atom stereocenters. The largest absolute Gasteiger partial charge is 0.497 e. The van der Waals surface area contributed by atoms with Crippen molar-refractivity contribution in [1.29, 1.82) is 0 Å². The maximum Gasteiger partial charge on any atom is 0.207 e. The molecular formula is C8H7N3O2S. The summed E-state index contributed by atoms with van der Waals surface area (Å²) in [6.45, 7) is 0. The topological polar surface area (TPSA) is 63.6 Å². The van der Waals surface area contributed by atoms with Gasteiger partial charge in [-0.2, -0.15) is 0 Å². The summed E-state index contributed by atoms with van der Waals surface area (Å²) < 4.78 is 6.02. The maximum atomic E-state index is 9.96. The van der Waals surface area contributed by atoms with E-state index in [1.807, 2.05) is 18.2 Å². The molecule has 6 heteroatoms. The first-order valence-electron chi connectivity index (χ1n) is 3.86. The van der Waals surface area contributed by atoms with Crippen LogP contribution in [0.1, 0.15) is 0 Å². The Labute approximate surface area is 83.7 Å². The van der Waals surface area contributed by atoms with E-state index in [9.17, 15) is 4.91 Å². The fourth-order valence-corrected chi connectivity index (χ4v) is 1.95. The first kappa shape index (κ1) is 8.89. The molecule has 5 nitrogen and oxygen atoms in total. The van der Waals surface area contributed by atoms with Gasteiger partial charge in [-0.05, 0) is 18.2 Å².